The number of hydrogen-bond donors (Lipinski definition) is 2. The third-order valence-corrected chi connectivity index (χ3v) is 4.42. The molecule has 3 rings (SSSR count). The van der Waals surface area contributed by atoms with Gasteiger partial charge in [-0.15, -0.1) is 0 Å². The van der Waals surface area contributed by atoms with Gasteiger partial charge < -0.3 is 15.0 Å². The van der Waals surface area contributed by atoms with Crippen LogP contribution in [0.2, 0.25) is 0 Å². The van der Waals surface area contributed by atoms with Crippen molar-refractivity contribution in [2.45, 2.75) is 26.2 Å². The van der Waals surface area contributed by atoms with Gasteiger partial charge in [-0.05, 0) is 48.2 Å². The molecule has 2 aromatic carbocycles. The Hall–Kier alpha value is -2.75. The van der Waals surface area contributed by atoms with E-state index in [-0.39, 0.29) is 5.91 Å². The Morgan fingerprint density at radius 3 is 2.75 bits per heavy atom. The largest absolute Gasteiger partial charge is 0.497 e. The molecular weight excluding hydrogens is 300 g/mol. The van der Waals surface area contributed by atoms with Crippen LogP contribution in [-0.2, 0) is 0 Å². The van der Waals surface area contributed by atoms with E-state index in [1.165, 1.54) is 0 Å². The fourth-order valence-electron chi connectivity index (χ4n) is 2.81. The Balaban J connectivity index is 1.88. The van der Waals surface area contributed by atoms with Crippen molar-refractivity contribution in [3.05, 3.63) is 59.8 Å². The van der Waals surface area contributed by atoms with E-state index >= 15 is 0 Å². The average molecular weight is 322 g/mol. The van der Waals surface area contributed by atoms with Crippen LogP contribution in [0.5, 0.6) is 5.75 Å². The summed E-state index contributed by atoms with van der Waals surface area (Å²) in [6, 6.07) is 15.5. The first kappa shape index (κ1) is 16.1. The minimum atomic E-state index is -0.138. The third kappa shape index (κ3) is 3.13. The summed E-state index contributed by atoms with van der Waals surface area (Å²) in [4.78, 5) is 15.8. The summed E-state index contributed by atoms with van der Waals surface area (Å²) < 4.78 is 5.23. The molecule has 0 bridgehead atoms. The number of fused-ring (bicyclic) bond motifs is 1. The molecule has 0 spiro atoms. The summed E-state index contributed by atoms with van der Waals surface area (Å²) in [5, 5.41) is 3.98. The predicted molar refractivity (Wildman–Crippen MR) is 98.0 cm³/mol. The number of methoxy groups -OCH3 is 1. The molecule has 0 aliphatic heterocycles. The Morgan fingerprint density at radius 2 is 2.00 bits per heavy atom. The number of carbonyl (C=O) groups is 1. The third-order valence-electron chi connectivity index (χ3n) is 4.42. The zero-order valence-corrected chi connectivity index (χ0v) is 14.2. The van der Waals surface area contributed by atoms with Crippen molar-refractivity contribution in [3.63, 3.8) is 0 Å². The van der Waals surface area contributed by atoms with Crippen molar-refractivity contribution in [2.75, 3.05) is 12.4 Å². The molecule has 1 unspecified atom stereocenters. The van der Waals surface area contributed by atoms with Gasteiger partial charge in [-0.25, -0.2) is 0 Å². The highest BCUT2D eigenvalue weighted by molar-refractivity contribution is 6.06. The molecule has 3 aromatic rings. The molecule has 0 fully saturated rings. The molecule has 4 heteroatoms. The molecule has 1 amide bonds. The predicted octanol–water partition coefficient (Wildman–Crippen LogP) is 4.94. The summed E-state index contributed by atoms with van der Waals surface area (Å²) in [6.07, 6.45) is 1.03. The highest BCUT2D eigenvalue weighted by Crippen LogP contribution is 2.27. The maximum atomic E-state index is 12.6. The lowest BCUT2D eigenvalue weighted by atomic mass is 9.97. The van der Waals surface area contributed by atoms with Crippen molar-refractivity contribution >= 4 is 22.5 Å². The van der Waals surface area contributed by atoms with E-state index in [1.54, 1.807) is 7.11 Å². The van der Waals surface area contributed by atoms with Crippen molar-refractivity contribution in [1.29, 1.82) is 0 Å². The van der Waals surface area contributed by atoms with Crippen LogP contribution in [0.1, 0.15) is 42.2 Å². The first-order valence-electron chi connectivity index (χ1n) is 8.19. The SMILES string of the molecule is CCC(C)c1ccccc1NC(=O)c1cc2cc(OC)ccc2[nH]1. The lowest BCUT2D eigenvalue weighted by Gasteiger charge is -2.15. The minimum absolute atomic E-state index is 0.138. The molecule has 0 aliphatic carbocycles. The van der Waals surface area contributed by atoms with Gasteiger partial charge >= 0.3 is 0 Å². The lowest BCUT2D eigenvalue weighted by Crippen LogP contribution is -2.14. The molecular formula is C20H22N2O2. The summed E-state index contributed by atoms with van der Waals surface area (Å²) in [5.74, 6) is 1.03. The number of para-hydroxylation sites is 1. The molecule has 1 atom stereocenters. The molecule has 1 heterocycles. The molecule has 0 aliphatic rings. The second-order valence-corrected chi connectivity index (χ2v) is 5.99. The van der Waals surface area contributed by atoms with E-state index in [1.807, 2.05) is 42.5 Å². The summed E-state index contributed by atoms with van der Waals surface area (Å²) in [5.41, 5.74) is 3.48. The van der Waals surface area contributed by atoms with E-state index < -0.39 is 0 Å². The van der Waals surface area contributed by atoms with E-state index in [9.17, 15) is 4.79 Å². The molecule has 0 saturated heterocycles. The number of H-pyrrole nitrogens is 1. The molecule has 2 N–H and O–H groups in total. The topological polar surface area (TPSA) is 54.1 Å². The van der Waals surface area contributed by atoms with Crippen LogP contribution in [0.4, 0.5) is 5.69 Å². The quantitative estimate of drug-likeness (QED) is 0.699. The van der Waals surface area contributed by atoms with Gasteiger partial charge in [0.15, 0.2) is 0 Å². The van der Waals surface area contributed by atoms with Crippen LogP contribution in [0.3, 0.4) is 0 Å². The zero-order valence-electron chi connectivity index (χ0n) is 14.2. The van der Waals surface area contributed by atoms with Gasteiger partial charge in [-0.1, -0.05) is 32.0 Å². The Morgan fingerprint density at radius 1 is 1.21 bits per heavy atom. The summed E-state index contributed by atoms with van der Waals surface area (Å²) in [7, 11) is 1.63. The Kier molecular flexibility index (Phi) is 4.56. The van der Waals surface area contributed by atoms with E-state index in [2.05, 4.69) is 30.2 Å². The van der Waals surface area contributed by atoms with Gasteiger partial charge in [0, 0.05) is 16.6 Å². The molecule has 124 valence electrons. The molecule has 24 heavy (non-hydrogen) atoms. The fraction of sp³-hybridized carbons (Fsp3) is 0.250. The number of aromatic amines is 1. The van der Waals surface area contributed by atoms with Gasteiger partial charge in [0.2, 0.25) is 0 Å². The van der Waals surface area contributed by atoms with Crippen LogP contribution in [0.15, 0.2) is 48.5 Å². The van der Waals surface area contributed by atoms with Gasteiger partial charge in [0.1, 0.15) is 11.4 Å². The highest BCUT2D eigenvalue weighted by atomic mass is 16.5. The Labute approximate surface area is 141 Å². The van der Waals surface area contributed by atoms with Crippen LogP contribution < -0.4 is 10.1 Å². The standard InChI is InChI=1S/C20H22N2O2/c1-4-13(2)16-7-5-6-8-18(16)22-20(23)19-12-14-11-15(24-3)9-10-17(14)21-19/h5-13,21H,4H2,1-3H3,(H,22,23). The van der Waals surface area contributed by atoms with Gasteiger partial charge in [-0.3, -0.25) is 4.79 Å². The molecule has 0 saturated carbocycles. The van der Waals surface area contributed by atoms with Crippen molar-refractivity contribution < 1.29 is 9.53 Å². The van der Waals surface area contributed by atoms with Crippen molar-refractivity contribution in [3.8, 4) is 5.75 Å². The van der Waals surface area contributed by atoms with Crippen LogP contribution in [-0.4, -0.2) is 18.0 Å². The molecule has 4 nitrogen and oxygen atoms in total. The minimum Gasteiger partial charge on any atom is -0.497 e. The zero-order chi connectivity index (χ0) is 17.1. The number of hydrogen-bond acceptors (Lipinski definition) is 2. The van der Waals surface area contributed by atoms with Crippen LogP contribution in [0.25, 0.3) is 10.9 Å². The number of rotatable bonds is 5. The van der Waals surface area contributed by atoms with Crippen LogP contribution >= 0.6 is 0 Å². The summed E-state index contributed by atoms with van der Waals surface area (Å²) >= 11 is 0. The number of carbonyl (C=O) groups excluding carboxylic acids is 1. The lowest BCUT2D eigenvalue weighted by molar-refractivity contribution is 0.102. The average Bonchev–Trinajstić information content (AvgIpc) is 3.04. The van der Waals surface area contributed by atoms with E-state index in [0.717, 1.165) is 34.3 Å². The van der Waals surface area contributed by atoms with E-state index in [4.69, 9.17) is 4.74 Å². The maximum Gasteiger partial charge on any atom is 0.272 e. The molecule has 1 aromatic heterocycles. The number of amides is 1. The smallest absolute Gasteiger partial charge is 0.272 e. The molecule has 0 radical (unpaired) electrons. The normalized spacial score (nSPS) is 12.1. The van der Waals surface area contributed by atoms with Crippen LogP contribution in [0, 0.1) is 0 Å². The second kappa shape index (κ2) is 6.79. The monoisotopic (exact) mass is 322 g/mol. The highest BCUT2D eigenvalue weighted by Gasteiger charge is 2.14. The van der Waals surface area contributed by atoms with E-state index in [0.29, 0.717) is 11.6 Å². The van der Waals surface area contributed by atoms with Crippen molar-refractivity contribution in [1.82, 2.24) is 4.98 Å². The maximum absolute atomic E-state index is 12.6. The fourth-order valence-corrected chi connectivity index (χ4v) is 2.81. The van der Waals surface area contributed by atoms with Gasteiger partial charge in [0.05, 0.1) is 7.11 Å². The number of nitrogens with one attached hydrogen (secondary N) is 2. The second-order valence-electron chi connectivity index (χ2n) is 5.99. The first-order valence-corrected chi connectivity index (χ1v) is 8.19. The number of benzene rings is 2. The number of anilines is 1. The number of aromatic nitrogens is 1. The Bertz CT molecular complexity index is 867. The first-order chi connectivity index (χ1) is 11.6. The van der Waals surface area contributed by atoms with Gasteiger partial charge in [0.25, 0.3) is 5.91 Å². The van der Waals surface area contributed by atoms with Gasteiger partial charge in [-0.2, -0.15) is 0 Å². The number of ether oxygens (including phenoxy) is 1. The summed E-state index contributed by atoms with van der Waals surface area (Å²) in [6.45, 7) is 4.31. The van der Waals surface area contributed by atoms with Crippen molar-refractivity contribution in [2.24, 2.45) is 0 Å².